The number of rotatable bonds is 6. The first kappa shape index (κ1) is 18.9. The van der Waals surface area contributed by atoms with E-state index in [1.54, 1.807) is 25.2 Å². The smallest absolute Gasteiger partial charge is 0.227 e. The molecule has 2 aromatic carbocycles. The average molecular weight is 368 g/mol. The molecule has 0 spiro atoms. The molecular weight excluding hydrogens is 343 g/mol. The summed E-state index contributed by atoms with van der Waals surface area (Å²) >= 11 is 0. The van der Waals surface area contributed by atoms with Gasteiger partial charge in [0.05, 0.1) is 0 Å². The van der Waals surface area contributed by atoms with Crippen molar-refractivity contribution in [1.82, 2.24) is 10.6 Å². The molecule has 0 radical (unpaired) electrons. The third-order valence-corrected chi connectivity index (χ3v) is 4.68. The Hall–Kier alpha value is -2.89. The molecule has 0 saturated carbocycles. The molecule has 0 saturated heterocycles. The van der Waals surface area contributed by atoms with Crippen molar-refractivity contribution in [3.05, 3.63) is 65.5 Å². The van der Waals surface area contributed by atoms with Crippen molar-refractivity contribution in [1.29, 1.82) is 0 Å². The summed E-state index contributed by atoms with van der Waals surface area (Å²) in [4.78, 5) is 18.5. The number of fused-ring (bicyclic) bond motifs is 1. The third-order valence-electron chi connectivity index (χ3n) is 4.68. The van der Waals surface area contributed by atoms with Crippen molar-refractivity contribution in [2.45, 2.75) is 25.8 Å². The van der Waals surface area contributed by atoms with Crippen LogP contribution in [-0.4, -0.2) is 32.0 Å². The molecule has 0 aliphatic carbocycles. The molecule has 1 aliphatic rings. The molecule has 2 N–H and O–H groups in total. The van der Waals surface area contributed by atoms with E-state index >= 15 is 0 Å². The molecule has 142 valence electrons. The minimum atomic E-state index is -0.239. The lowest BCUT2D eigenvalue weighted by Crippen LogP contribution is -2.38. The number of anilines is 1. The molecule has 1 aliphatic heterocycles. The first-order valence-electron chi connectivity index (χ1n) is 9.25. The van der Waals surface area contributed by atoms with Gasteiger partial charge in [0.1, 0.15) is 5.82 Å². The van der Waals surface area contributed by atoms with Crippen molar-refractivity contribution in [2.24, 2.45) is 4.99 Å². The predicted molar refractivity (Wildman–Crippen MR) is 106 cm³/mol. The molecule has 5 nitrogen and oxygen atoms in total. The number of hydrogen-bond donors (Lipinski definition) is 2. The van der Waals surface area contributed by atoms with Gasteiger partial charge in [0.25, 0.3) is 0 Å². The maximum absolute atomic E-state index is 13.7. The van der Waals surface area contributed by atoms with Gasteiger partial charge >= 0.3 is 0 Å². The van der Waals surface area contributed by atoms with Gasteiger partial charge in [-0.2, -0.15) is 0 Å². The van der Waals surface area contributed by atoms with Crippen molar-refractivity contribution < 1.29 is 9.18 Å². The molecule has 6 heteroatoms. The lowest BCUT2D eigenvalue weighted by molar-refractivity contribution is -0.118. The van der Waals surface area contributed by atoms with E-state index in [0.717, 1.165) is 18.7 Å². The Kier molecular flexibility index (Phi) is 6.41. The highest BCUT2D eigenvalue weighted by Crippen LogP contribution is 2.27. The number of carbonyl (C=O) groups excluding carboxylic acids is 1. The van der Waals surface area contributed by atoms with Gasteiger partial charge in [0, 0.05) is 44.4 Å². The van der Waals surface area contributed by atoms with Crippen LogP contribution < -0.4 is 15.5 Å². The topological polar surface area (TPSA) is 56.7 Å². The van der Waals surface area contributed by atoms with Gasteiger partial charge in [-0.05, 0) is 30.5 Å². The SMILES string of the molecule is CN=C(NCCCC(=O)N1CCc2ccccc21)NCc1ccccc1F. The van der Waals surface area contributed by atoms with Crippen LogP contribution in [0.25, 0.3) is 0 Å². The highest BCUT2D eigenvalue weighted by molar-refractivity contribution is 5.95. The second kappa shape index (κ2) is 9.16. The maximum Gasteiger partial charge on any atom is 0.227 e. The molecule has 2 aromatic rings. The number of nitrogens with one attached hydrogen (secondary N) is 2. The number of aliphatic imine (C=N–C) groups is 1. The van der Waals surface area contributed by atoms with Gasteiger partial charge in [0.15, 0.2) is 5.96 Å². The number of para-hydroxylation sites is 1. The van der Waals surface area contributed by atoms with E-state index in [1.165, 1.54) is 11.6 Å². The van der Waals surface area contributed by atoms with Crippen molar-refractivity contribution >= 4 is 17.6 Å². The number of halogens is 1. The van der Waals surface area contributed by atoms with Crippen LogP contribution in [0.15, 0.2) is 53.5 Å². The van der Waals surface area contributed by atoms with Crippen LogP contribution in [0.2, 0.25) is 0 Å². The minimum Gasteiger partial charge on any atom is -0.356 e. The highest BCUT2D eigenvalue weighted by atomic mass is 19.1. The molecular formula is C21H25FN4O. The number of carbonyl (C=O) groups is 1. The molecule has 3 rings (SSSR count). The summed E-state index contributed by atoms with van der Waals surface area (Å²) in [5.41, 5.74) is 2.86. The lowest BCUT2D eigenvalue weighted by atomic mass is 10.2. The van der Waals surface area contributed by atoms with Gasteiger partial charge < -0.3 is 15.5 Å². The Labute approximate surface area is 159 Å². The molecule has 0 atom stereocenters. The third kappa shape index (κ3) is 4.84. The van der Waals surface area contributed by atoms with E-state index in [0.29, 0.717) is 37.5 Å². The molecule has 1 heterocycles. The van der Waals surface area contributed by atoms with Crippen LogP contribution in [0, 0.1) is 5.82 Å². The second-order valence-corrected chi connectivity index (χ2v) is 6.47. The number of benzene rings is 2. The average Bonchev–Trinajstić information content (AvgIpc) is 3.12. The Balaban J connectivity index is 1.40. The molecule has 1 amide bonds. The van der Waals surface area contributed by atoms with E-state index in [2.05, 4.69) is 21.7 Å². The summed E-state index contributed by atoms with van der Waals surface area (Å²) in [6, 6.07) is 14.7. The summed E-state index contributed by atoms with van der Waals surface area (Å²) in [5, 5.41) is 6.26. The van der Waals surface area contributed by atoms with Crippen molar-refractivity contribution in [3.8, 4) is 0 Å². The van der Waals surface area contributed by atoms with Gasteiger partial charge in [-0.1, -0.05) is 36.4 Å². The van der Waals surface area contributed by atoms with Crippen LogP contribution >= 0.6 is 0 Å². The molecule has 0 aromatic heterocycles. The molecule has 0 unspecified atom stereocenters. The fourth-order valence-electron chi connectivity index (χ4n) is 3.22. The van der Waals surface area contributed by atoms with Crippen LogP contribution in [0.1, 0.15) is 24.0 Å². The monoisotopic (exact) mass is 368 g/mol. The number of amides is 1. The first-order valence-corrected chi connectivity index (χ1v) is 9.25. The Bertz CT molecular complexity index is 821. The summed E-state index contributed by atoms with van der Waals surface area (Å²) in [5.74, 6) is 0.505. The normalized spacial score (nSPS) is 13.4. The second-order valence-electron chi connectivity index (χ2n) is 6.47. The quantitative estimate of drug-likeness (QED) is 0.468. The van der Waals surface area contributed by atoms with E-state index in [1.807, 2.05) is 23.1 Å². The van der Waals surface area contributed by atoms with Gasteiger partial charge in [0.2, 0.25) is 5.91 Å². The van der Waals surface area contributed by atoms with Crippen LogP contribution in [0.3, 0.4) is 0 Å². The summed E-state index contributed by atoms with van der Waals surface area (Å²) < 4.78 is 13.7. The number of hydrogen-bond acceptors (Lipinski definition) is 2. The minimum absolute atomic E-state index is 0.149. The van der Waals surface area contributed by atoms with E-state index < -0.39 is 0 Å². The lowest BCUT2D eigenvalue weighted by Gasteiger charge is -2.17. The Morgan fingerprint density at radius 3 is 2.74 bits per heavy atom. The maximum atomic E-state index is 13.7. The van der Waals surface area contributed by atoms with Gasteiger partial charge in [-0.15, -0.1) is 0 Å². The summed E-state index contributed by atoms with van der Waals surface area (Å²) in [6.45, 7) is 1.74. The van der Waals surface area contributed by atoms with Gasteiger partial charge in [-0.3, -0.25) is 9.79 Å². The van der Waals surface area contributed by atoms with Crippen LogP contribution in [0.4, 0.5) is 10.1 Å². The van der Waals surface area contributed by atoms with Crippen molar-refractivity contribution in [2.75, 3.05) is 25.0 Å². The fraction of sp³-hybridized carbons (Fsp3) is 0.333. The summed E-state index contributed by atoms with van der Waals surface area (Å²) in [6.07, 6.45) is 2.11. The van der Waals surface area contributed by atoms with E-state index in [4.69, 9.17) is 0 Å². The zero-order valence-electron chi connectivity index (χ0n) is 15.5. The predicted octanol–water partition coefficient (Wildman–Crippen LogP) is 2.86. The van der Waals surface area contributed by atoms with Gasteiger partial charge in [-0.25, -0.2) is 4.39 Å². The number of guanidine groups is 1. The molecule has 0 fully saturated rings. The standard InChI is InChI=1S/C21H25FN4O/c1-23-21(25-15-17-8-2-4-9-18(17)22)24-13-6-11-20(27)26-14-12-16-7-3-5-10-19(16)26/h2-5,7-10H,6,11-15H2,1H3,(H2,23,24,25). The highest BCUT2D eigenvalue weighted by Gasteiger charge is 2.23. The zero-order chi connectivity index (χ0) is 19.1. The fourth-order valence-corrected chi connectivity index (χ4v) is 3.22. The summed E-state index contributed by atoms with van der Waals surface area (Å²) in [7, 11) is 1.67. The van der Waals surface area contributed by atoms with Crippen LogP contribution in [-0.2, 0) is 17.8 Å². The first-order chi connectivity index (χ1) is 13.2. The van der Waals surface area contributed by atoms with E-state index in [9.17, 15) is 9.18 Å². The van der Waals surface area contributed by atoms with E-state index in [-0.39, 0.29) is 11.7 Å². The van der Waals surface area contributed by atoms with Crippen LogP contribution in [0.5, 0.6) is 0 Å². The van der Waals surface area contributed by atoms with Crippen molar-refractivity contribution in [3.63, 3.8) is 0 Å². The molecule has 0 bridgehead atoms. The molecule has 27 heavy (non-hydrogen) atoms. The largest absolute Gasteiger partial charge is 0.356 e. The Morgan fingerprint density at radius 1 is 1.15 bits per heavy atom. The number of nitrogens with zero attached hydrogens (tertiary/aromatic N) is 2. The Morgan fingerprint density at radius 2 is 1.93 bits per heavy atom. The zero-order valence-corrected chi connectivity index (χ0v) is 15.5.